The fourth-order valence-corrected chi connectivity index (χ4v) is 2.48. The molecule has 3 heteroatoms. The first-order valence-corrected chi connectivity index (χ1v) is 7.16. The number of hydrogen-bond donors (Lipinski definition) is 1. The smallest absolute Gasteiger partial charge is 0.0598 e. The molecular formula is C15H25N3. The molecule has 1 N–H and O–H groups in total. The van der Waals surface area contributed by atoms with Crippen molar-refractivity contribution in [2.45, 2.75) is 39.7 Å². The highest BCUT2D eigenvalue weighted by Crippen LogP contribution is 2.22. The molecule has 0 atom stereocenters. The Morgan fingerprint density at radius 1 is 1.28 bits per heavy atom. The molecule has 2 heterocycles. The Morgan fingerprint density at radius 2 is 2.06 bits per heavy atom. The van der Waals surface area contributed by atoms with E-state index in [-0.39, 0.29) is 0 Å². The third kappa shape index (κ3) is 3.70. The van der Waals surface area contributed by atoms with Gasteiger partial charge in [-0.25, -0.2) is 0 Å². The second kappa shape index (κ2) is 6.74. The molecule has 1 fully saturated rings. The van der Waals surface area contributed by atoms with Gasteiger partial charge in [-0.15, -0.1) is 0 Å². The van der Waals surface area contributed by atoms with Gasteiger partial charge in [-0.1, -0.05) is 13.8 Å². The van der Waals surface area contributed by atoms with E-state index in [1.54, 1.807) is 0 Å². The van der Waals surface area contributed by atoms with Gasteiger partial charge < -0.3 is 10.2 Å². The number of nitrogens with zero attached hydrogens (tertiary/aromatic N) is 2. The Hall–Kier alpha value is -1.09. The van der Waals surface area contributed by atoms with Crippen molar-refractivity contribution in [3.63, 3.8) is 0 Å². The van der Waals surface area contributed by atoms with E-state index in [4.69, 9.17) is 0 Å². The second-order valence-electron chi connectivity index (χ2n) is 5.58. The molecule has 18 heavy (non-hydrogen) atoms. The number of anilines is 1. The number of hydrogen-bond acceptors (Lipinski definition) is 3. The molecule has 2 rings (SSSR count). The summed E-state index contributed by atoms with van der Waals surface area (Å²) in [7, 11) is 0. The van der Waals surface area contributed by atoms with E-state index in [2.05, 4.69) is 35.1 Å². The van der Waals surface area contributed by atoms with E-state index >= 15 is 0 Å². The van der Waals surface area contributed by atoms with Gasteiger partial charge in [-0.3, -0.25) is 4.98 Å². The van der Waals surface area contributed by atoms with Crippen LogP contribution in [-0.2, 0) is 6.54 Å². The van der Waals surface area contributed by atoms with Crippen LogP contribution in [0.15, 0.2) is 18.5 Å². The molecule has 0 aliphatic carbocycles. The molecule has 100 valence electrons. The van der Waals surface area contributed by atoms with Crippen molar-refractivity contribution in [1.29, 1.82) is 0 Å². The van der Waals surface area contributed by atoms with Gasteiger partial charge in [0.25, 0.3) is 0 Å². The Kier molecular flexibility index (Phi) is 5.00. The highest BCUT2D eigenvalue weighted by Gasteiger charge is 2.14. The summed E-state index contributed by atoms with van der Waals surface area (Å²) in [6, 6.07) is 2.15. The summed E-state index contributed by atoms with van der Waals surface area (Å²) in [5, 5.41) is 3.53. The number of aromatic nitrogens is 1. The molecule has 3 nitrogen and oxygen atoms in total. The molecule has 0 radical (unpaired) electrons. The van der Waals surface area contributed by atoms with Crippen LogP contribution < -0.4 is 10.2 Å². The number of rotatable bonds is 5. The van der Waals surface area contributed by atoms with Crippen LogP contribution >= 0.6 is 0 Å². The van der Waals surface area contributed by atoms with E-state index in [1.165, 1.54) is 43.6 Å². The molecule has 0 unspecified atom stereocenters. The first-order valence-electron chi connectivity index (χ1n) is 7.16. The van der Waals surface area contributed by atoms with Crippen molar-refractivity contribution in [2.24, 2.45) is 5.92 Å². The Bertz CT molecular complexity index is 357. The standard InChI is InChI=1S/C15H25N3/c1-13(2)10-17-11-14-6-7-16-12-15(14)18-8-4-3-5-9-18/h6-7,12-13,17H,3-5,8-11H2,1-2H3. The average Bonchev–Trinajstić information content (AvgIpc) is 2.40. The molecule has 0 amide bonds. The summed E-state index contributed by atoms with van der Waals surface area (Å²) in [6.07, 6.45) is 7.93. The molecule has 0 spiro atoms. The van der Waals surface area contributed by atoms with Crippen LogP contribution in [0.2, 0.25) is 0 Å². The molecule has 0 bridgehead atoms. The lowest BCUT2D eigenvalue weighted by Crippen LogP contribution is -2.31. The lowest BCUT2D eigenvalue weighted by Gasteiger charge is -2.30. The second-order valence-corrected chi connectivity index (χ2v) is 5.58. The zero-order valence-corrected chi connectivity index (χ0v) is 11.7. The molecule has 1 saturated heterocycles. The van der Waals surface area contributed by atoms with E-state index in [0.717, 1.165) is 13.1 Å². The zero-order valence-electron chi connectivity index (χ0n) is 11.7. The van der Waals surface area contributed by atoms with Gasteiger partial charge in [0.15, 0.2) is 0 Å². The summed E-state index contributed by atoms with van der Waals surface area (Å²) in [5.74, 6) is 0.699. The molecule has 1 aromatic rings. The van der Waals surface area contributed by atoms with E-state index in [9.17, 15) is 0 Å². The third-order valence-electron chi connectivity index (χ3n) is 3.45. The monoisotopic (exact) mass is 247 g/mol. The summed E-state index contributed by atoms with van der Waals surface area (Å²) in [4.78, 5) is 6.78. The predicted octanol–water partition coefficient (Wildman–Crippen LogP) is 2.82. The van der Waals surface area contributed by atoms with Gasteiger partial charge in [0.05, 0.1) is 11.9 Å². The lowest BCUT2D eigenvalue weighted by molar-refractivity contribution is 0.547. The maximum atomic E-state index is 4.29. The van der Waals surface area contributed by atoms with E-state index in [0.29, 0.717) is 5.92 Å². The number of pyridine rings is 1. The molecule has 1 aliphatic heterocycles. The van der Waals surface area contributed by atoms with Crippen molar-refractivity contribution < 1.29 is 0 Å². The fraction of sp³-hybridized carbons (Fsp3) is 0.667. The van der Waals surface area contributed by atoms with E-state index < -0.39 is 0 Å². The molecule has 0 saturated carbocycles. The van der Waals surface area contributed by atoms with E-state index in [1.807, 2.05) is 12.4 Å². The van der Waals surface area contributed by atoms with Gasteiger partial charge in [0.1, 0.15) is 0 Å². The van der Waals surface area contributed by atoms with Crippen molar-refractivity contribution in [3.05, 3.63) is 24.0 Å². The zero-order chi connectivity index (χ0) is 12.8. The van der Waals surface area contributed by atoms with Crippen LogP contribution in [0, 0.1) is 5.92 Å². The average molecular weight is 247 g/mol. The largest absolute Gasteiger partial charge is 0.370 e. The van der Waals surface area contributed by atoms with Crippen molar-refractivity contribution >= 4 is 5.69 Å². The number of piperidine rings is 1. The molecule has 1 aliphatic rings. The van der Waals surface area contributed by atoms with Crippen molar-refractivity contribution in [1.82, 2.24) is 10.3 Å². The minimum atomic E-state index is 0.699. The van der Waals surface area contributed by atoms with Crippen LogP contribution in [0.25, 0.3) is 0 Å². The summed E-state index contributed by atoms with van der Waals surface area (Å²) >= 11 is 0. The highest BCUT2D eigenvalue weighted by atomic mass is 15.1. The lowest BCUT2D eigenvalue weighted by atomic mass is 10.1. The van der Waals surface area contributed by atoms with Crippen molar-refractivity contribution in [2.75, 3.05) is 24.5 Å². The Balaban J connectivity index is 2.00. The van der Waals surface area contributed by atoms with Crippen LogP contribution in [0.4, 0.5) is 5.69 Å². The van der Waals surface area contributed by atoms with Gasteiger partial charge >= 0.3 is 0 Å². The Morgan fingerprint density at radius 3 is 2.78 bits per heavy atom. The minimum absolute atomic E-state index is 0.699. The maximum absolute atomic E-state index is 4.29. The third-order valence-corrected chi connectivity index (χ3v) is 3.45. The Labute approximate surface area is 111 Å². The first kappa shape index (κ1) is 13.3. The minimum Gasteiger partial charge on any atom is -0.370 e. The normalized spacial score (nSPS) is 16.3. The quantitative estimate of drug-likeness (QED) is 0.867. The SMILES string of the molecule is CC(C)CNCc1ccncc1N1CCCCC1. The maximum Gasteiger partial charge on any atom is 0.0598 e. The predicted molar refractivity (Wildman–Crippen MR) is 76.8 cm³/mol. The van der Waals surface area contributed by atoms with Crippen molar-refractivity contribution in [3.8, 4) is 0 Å². The molecular weight excluding hydrogens is 222 g/mol. The van der Waals surface area contributed by atoms with Crippen LogP contribution in [0.3, 0.4) is 0 Å². The fourth-order valence-electron chi connectivity index (χ4n) is 2.48. The molecule has 0 aromatic carbocycles. The molecule has 1 aromatic heterocycles. The van der Waals surface area contributed by atoms with Gasteiger partial charge in [0.2, 0.25) is 0 Å². The summed E-state index contributed by atoms with van der Waals surface area (Å²) in [5.41, 5.74) is 2.71. The summed E-state index contributed by atoms with van der Waals surface area (Å²) in [6.45, 7) is 8.87. The van der Waals surface area contributed by atoms with Gasteiger partial charge in [-0.2, -0.15) is 0 Å². The van der Waals surface area contributed by atoms with Gasteiger partial charge in [0, 0.05) is 25.8 Å². The van der Waals surface area contributed by atoms with Crippen LogP contribution in [0.5, 0.6) is 0 Å². The number of nitrogens with one attached hydrogen (secondary N) is 1. The first-order chi connectivity index (χ1) is 8.77. The highest BCUT2D eigenvalue weighted by molar-refractivity contribution is 5.51. The topological polar surface area (TPSA) is 28.2 Å². The van der Waals surface area contributed by atoms with Gasteiger partial charge in [-0.05, 0) is 43.4 Å². The van der Waals surface area contributed by atoms with Crippen LogP contribution in [-0.4, -0.2) is 24.6 Å². The summed E-state index contributed by atoms with van der Waals surface area (Å²) < 4.78 is 0. The van der Waals surface area contributed by atoms with Crippen LogP contribution in [0.1, 0.15) is 38.7 Å².